The molecule has 1 aliphatic rings. The molecule has 7 heteroatoms. The molecule has 1 heterocycles. The number of halogens is 1. The van der Waals surface area contributed by atoms with Gasteiger partial charge < -0.3 is 20.7 Å². The number of nitrogens with one attached hydrogen (secondary N) is 1. The number of hydrogen-bond acceptors (Lipinski definition) is 4. The van der Waals surface area contributed by atoms with Crippen molar-refractivity contribution in [2.75, 3.05) is 32.1 Å². The standard InChI is InChI=1S/C18H27N3O3.ClH/c1-3-13-6-4-5-7-15(13)20-16(22)12-21(2)18(23)17(19)14-8-10-24-11-9-14;/h4-7,14,17H,3,8-12,19H2,1-2H3,(H,20,22);1H. The van der Waals surface area contributed by atoms with Gasteiger partial charge in [-0.25, -0.2) is 0 Å². The fraction of sp³-hybridized carbons (Fsp3) is 0.556. The molecule has 1 aliphatic heterocycles. The number of para-hydroxylation sites is 1. The zero-order chi connectivity index (χ0) is 17.5. The van der Waals surface area contributed by atoms with E-state index in [4.69, 9.17) is 10.5 Å². The fourth-order valence-electron chi connectivity index (χ4n) is 2.96. The van der Waals surface area contributed by atoms with Crippen molar-refractivity contribution in [3.05, 3.63) is 29.8 Å². The lowest BCUT2D eigenvalue weighted by Gasteiger charge is -2.29. The van der Waals surface area contributed by atoms with Gasteiger partial charge in [0.05, 0.1) is 12.6 Å². The van der Waals surface area contributed by atoms with E-state index in [1.165, 1.54) is 4.90 Å². The van der Waals surface area contributed by atoms with Crippen LogP contribution in [0.3, 0.4) is 0 Å². The summed E-state index contributed by atoms with van der Waals surface area (Å²) in [5, 5.41) is 2.87. The second kappa shape index (κ2) is 10.4. The van der Waals surface area contributed by atoms with Gasteiger partial charge in [-0.15, -0.1) is 12.4 Å². The molecule has 2 rings (SSSR count). The minimum atomic E-state index is -0.574. The highest BCUT2D eigenvalue weighted by molar-refractivity contribution is 5.95. The van der Waals surface area contributed by atoms with Crippen molar-refractivity contribution in [3.8, 4) is 0 Å². The van der Waals surface area contributed by atoms with Gasteiger partial charge in [-0.3, -0.25) is 9.59 Å². The number of carbonyl (C=O) groups is 2. The maximum Gasteiger partial charge on any atom is 0.243 e. The van der Waals surface area contributed by atoms with Gasteiger partial charge in [-0.1, -0.05) is 25.1 Å². The smallest absolute Gasteiger partial charge is 0.243 e. The highest BCUT2D eigenvalue weighted by Gasteiger charge is 2.29. The predicted molar refractivity (Wildman–Crippen MR) is 101 cm³/mol. The van der Waals surface area contributed by atoms with Crippen LogP contribution in [-0.2, 0) is 20.7 Å². The Morgan fingerprint density at radius 2 is 1.96 bits per heavy atom. The average Bonchev–Trinajstić information content (AvgIpc) is 2.61. The van der Waals surface area contributed by atoms with Gasteiger partial charge in [0.2, 0.25) is 11.8 Å². The summed E-state index contributed by atoms with van der Waals surface area (Å²) in [5.74, 6) is -0.288. The van der Waals surface area contributed by atoms with Crippen molar-refractivity contribution in [3.63, 3.8) is 0 Å². The van der Waals surface area contributed by atoms with Gasteiger partial charge in [0.1, 0.15) is 0 Å². The number of hydrogen-bond donors (Lipinski definition) is 2. The van der Waals surface area contributed by atoms with Gasteiger partial charge in [0, 0.05) is 25.9 Å². The minimum absolute atomic E-state index is 0. The SMILES string of the molecule is CCc1ccccc1NC(=O)CN(C)C(=O)C(N)C1CCOCC1.Cl. The number of nitrogens with zero attached hydrogens (tertiary/aromatic N) is 1. The van der Waals surface area contributed by atoms with E-state index >= 15 is 0 Å². The number of carbonyl (C=O) groups excluding carboxylic acids is 2. The molecule has 25 heavy (non-hydrogen) atoms. The molecule has 0 spiro atoms. The lowest BCUT2D eigenvalue weighted by molar-refractivity contribution is -0.136. The quantitative estimate of drug-likeness (QED) is 0.801. The second-order valence-corrected chi connectivity index (χ2v) is 6.23. The third-order valence-electron chi connectivity index (χ3n) is 4.49. The van der Waals surface area contributed by atoms with E-state index in [0.717, 1.165) is 30.5 Å². The molecular weight excluding hydrogens is 342 g/mol. The van der Waals surface area contributed by atoms with Crippen LogP contribution in [0.5, 0.6) is 0 Å². The highest BCUT2D eigenvalue weighted by Crippen LogP contribution is 2.19. The average molecular weight is 370 g/mol. The summed E-state index contributed by atoms with van der Waals surface area (Å²) in [5.41, 5.74) is 7.95. The van der Waals surface area contributed by atoms with E-state index in [2.05, 4.69) is 5.32 Å². The number of benzene rings is 1. The van der Waals surface area contributed by atoms with E-state index in [1.54, 1.807) is 7.05 Å². The molecule has 0 radical (unpaired) electrons. The first-order valence-corrected chi connectivity index (χ1v) is 8.49. The molecule has 1 saturated heterocycles. The minimum Gasteiger partial charge on any atom is -0.381 e. The lowest BCUT2D eigenvalue weighted by atomic mass is 9.91. The van der Waals surface area contributed by atoms with Crippen LogP contribution >= 0.6 is 12.4 Å². The third-order valence-corrected chi connectivity index (χ3v) is 4.49. The molecule has 2 amide bonds. The Morgan fingerprint density at radius 1 is 1.32 bits per heavy atom. The number of rotatable bonds is 6. The number of likely N-dealkylation sites (N-methyl/N-ethyl adjacent to an activating group) is 1. The zero-order valence-corrected chi connectivity index (χ0v) is 15.7. The summed E-state index contributed by atoms with van der Waals surface area (Å²) in [7, 11) is 1.62. The zero-order valence-electron chi connectivity index (χ0n) is 14.9. The predicted octanol–water partition coefficient (Wildman–Crippen LogP) is 1.82. The molecule has 0 bridgehead atoms. The van der Waals surface area contributed by atoms with Crippen LogP contribution in [0, 0.1) is 5.92 Å². The number of nitrogens with two attached hydrogens (primary N) is 1. The summed E-state index contributed by atoms with van der Waals surface area (Å²) in [6.07, 6.45) is 2.41. The van der Waals surface area contributed by atoms with Gasteiger partial charge in [0.15, 0.2) is 0 Å². The van der Waals surface area contributed by atoms with Crippen LogP contribution in [0.1, 0.15) is 25.3 Å². The van der Waals surface area contributed by atoms with Gasteiger partial charge in [-0.2, -0.15) is 0 Å². The molecule has 1 aromatic rings. The first kappa shape index (κ1) is 21.4. The van der Waals surface area contributed by atoms with E-state index < -0.39 is 6.04 Å². The summed E-state index contributed by atoms with van der Waals surface area (Å²) in [6.45, 7) is 3.31. The maximum absolute atomic E-state index is 12.4. The molecule has 6 nitrogen and oxygen atoms in total. The largest absolute Gasteiger partial charge is 0.381 e. The summed E-state index contributed by atoms with van der Waals surface area (Å²) < 4.78 is 5.30. The van der Waals surface area contributed by atoms with Gasteiger partial charge in [-0.05, 0) is 36.8 Å². The molecule has 0 aliphatic carbocycles. The molecule has 1 atom stereocenters. The Balaban J connectivity index is 0.00000312. The fourth-order valence-corrected chi connectivity index (χ4v) is 2.96. The molecule has 1 fully saturated rings. The summed E-state index contributed by atoms with van der Waals surface area (Å²) in [4.78, 5) is 26.1. The van der Waals surface area contributed by atoms with Gasteiger partial charge in [0.25, 0.3) is 0 Å². The molecular formula is C18H28ClN3O3. The van der Waals surface area contributed by atoms with Crippen molar-refractivity contribution in [2.45, 2.75) is 32.2 Å². The number of ether oxygens (including phenoxy) is 1. The van der Waals surface area contributed by atoms with Crippen molar-refractivity contribution in [1.29, 1.82) is 0 Å². The first-order chi connectivity index (χ1) is 11.5. The summed E-state index contributed by atoms with van der Waals surface area (Å²) in [6, 6.07) is 7.09. The van der Waals surface area contributed by atoms with Crippen LogP contribution in [0.2, 0.25) is 0 Å². The third kappa shape index (κ3) is 5.99. The Labute approximate surface area is 155 Å². The molecule has 1 unspecified atom stereocenters. The Hall–Kier alpha value is -1.63. The van der Waals surface area contributed by atoms with Crippen molar-refractivity contribution in [2.24, 2.45) is 11.7 Å². The van der Waals surface area contributed by atoms with E-state index in [-0.39, 0.29) is 36.7 Å². The monoisotopic (exact) mass is 369 g/mol. The second-order valence-electron chi connectivity index (χ2n) is 6.23. The Bertz CT molecular complexity index is 576. The molecule has 0 saturated carbocycles. The number of aryl methyl sites for hydroxylation is 1. The molecule has 0 aromatic heterocycles. The maximum atomic E-state index is 12.4. The van der Waals surface area contributed by atoms with Crippen molar-refractivity contribution in [1.82, 2.24) is 4.90 Å². The van der Waals surface area contributed by atoms with E-state index in [9.17, 15) is 9.59 Å². The molecule has 3 N–H and O–H groups in total. The Morgan fingerprint density at radius 3 is 2.60 bits per heavy atom. The van der Waals surface area contributed by atoms with Crippen LogP contribution in [-0.4, -0.2) is 49.6 Å². The van der Waals surface area contributed by atoms with Gasteiger partial charge >= 0.3 is 0 Å². The van der Waals surface area contributed by atoms with Crippen LogP contribution < -0.4 is 11.1 Å². The lowest BCUT2D eigenvalue weighted by Crippen LogP contribution is -2.49. The van der Waals surface area contributed by atoms with Crippen molar-refractivity contribution >= 4 is 29.9 Å². The molecule has 1 aromatic carbocycles. The van der Waals surface area contributed by atoms with Crippen molar-refractivity contribution < 1.29 is 14.3 Å². The first-order valence-electron chi connectivity index (χ1n) is 8.49. The number of amides is 2. The normalized spacial score (nSPS) is 15.8. The summed E-state index contributed by atoms with van der Waals surface area (Å²) >= 11 is 0. The van der Waals surface area contributed by atoms with E-state index in [1.807, 2.05) is 31.2 Å². The number of anilines is 1. The highest BCUT2D eigenvalue weighted by atomic mass is 35.5. The van der Waals surface area contributed by atoms with E-state index in [0.29, 0.717) is 13.2 Å². The van der Waals surface area contributed by atoms with Crippen LogP contribution in [0.25, 0.3) is 0 Å². The molecule has 140 valence electrons. The topological polar surface area (TPSA) is 84.7 Å². The Kier molecular flexibility index (Phi) is 8.89. The van der Waals surface area contributed by atoms with Crippen LogP contribution in [0.15, 0.2) is 24.3 Å². The van der Waals surface area contributed by atoms with Crippen LogP contribution in [0.4, 0.5) is 5.69 Å².